The van der Waals surface area contributed by atoms with Crippen LogP contribution in [0.15, 0.2) is 30.3 Å². The molecule has 1 aromatic carbocycles. The van der Waals surface area contributed by atoms with Crippen LogP contribution in [0.3, 0.4) is 0 Å². The van der Waals surface area contributed by atoms with Gasteiger partial charge in [-0.1, -0.05) is 18.2 Å². The Kier molecular flexibility index (Phi) is 4.38. The molecule has 0 spiro atoms. The molecule has 5 N–H and O–H groups in total. The summed E-state index contributed by atoms with van der Waals surface area (Å²) in [7, 11) is 0. The van der Waals surface area contributed by atoms with E-state index in [4.69, 9.17) is 5.11 Å². The van der Waals surface area contributed by atoms with Crippen molar-refractivity contribution in [3.8, 4) is 5.75 Å². The number of aliphatic carboxylic acids is 3. The highest BCUT2D eigenvalue weighted by atomic mass is 16.4. The summed E-state index contributed by atoms with van der Waals surface area (Å²) < 4.78 is 0. The minimum absolute atomic E-state index is 0.250. The molecule has 9 nitrogen and oxygen atoms in total. The van der Waals surface area contributed by atoms with Crippen molar-refractivity contribution in [2.75, 3.05) is 0 Å². The lowest BCUT2D eigenvalue weighted by atomic mass is 9.81. The van der Waals surface area contributed by atoms with Crippen molar-refractivity contribution in [2.24, 2.45) is 0 Å². The number of carbonyl (C=O) groups is 3. The molecule has 0 saturated heterocycles. The normalized spacial score (nSPS) is 14.7. The Bertz CT molecular complexity index is 833. The van der Waals surface area contributed by atoms with E-state index in [2.05, 4.69) is 4.98 Å². The van der Waals surface area contributed by atoms with E-state index in [-0.39, 0.29) is 5.52 Å². The van der Waals surface area contributed by atoms with Crippen LogP contribution < -0.4 is 0 Å². The SMILES string of the molecule is O=C(O)CC(O)(C(=O)O)C(C(=O)O)c1nc2ccccc2cc1O. The third kappa shape index (κ3) is 2.97. The van der Waals surface area contributed by atoms with Gasteiger partial charge in [-0.2, -0.15) is 0 Å². The van der Waals surface area contributed by atoms with Gasteiger partial charge in [0.1, 0.15) is 17.4 Å². The van der Waals surface area contributed by atoms with Crippen molar-refractivity contribution in [1.29, 1.82) is 0 Å². The number of nitrogens with zero attached hydrogens (tertiary/aromatic N) is 1. The van der Waals surface area contributed by atoms with Gasteiger partial charge >= 0.3 is 17.9 Å². The van der Waals surface area contributed by atoms with E-state index in [0.717, 1.165) is 6.07 Å². The van der Waals surface area contributed by atoms with Crippen LogP contribution in [0, 0.1) is 0 Å². The van der Waals surface area contributed by atoms with E-state index in [1.807, 2.05) is 0 Å². The maximum absolute atomic E-state index is 11.6. The summed E-state index contributed by atoms with van der Waals surface area (Å²) in [5.41, 5.74) is -3.57. The van der Waals surface area contributed by atoms with Crippen LogP contribution >= 0.6 is 0 Å². The Labute approximate surface area is 134 Å². The van der Waals surface area contributed by atoms with Gasteiger partial charge in [0.25, 0.3) is 0 Å². The molecule has 0 fully saturated rings. The lowest BCUT2D eigenvalue weighted by Crippen LogP contribution is -2.49. The third-order valence-electron chi connectivity index (χ3n) is 3.52. The first kappa shape index (κ1) is 17.2. The van der Waals surface area contributed by atoms with E-state index in [9.17, 15) is 34.8 Å². The number of fused-ring (bicyclic) bond motifs is 1. The first-order valence-electron chi connectivity index (χ1n) is 6.66. The Morgan fingerprint density at radius 1 is 1.12 bits per heavy atom. The van der Waals surface area contributed by atoms with Crippen LogP contribution in [0.5, 0.6) is 5.75 Å². The largest absolute Gasteiger partial charge is 0.506 e. The summed E-state index contributed by atoms with van der Waals surface area (Å²) in [5, 5.41) is 48.1. The highest BCUT2D eigenvalue weighted by Crippen LogP contribution is 2.37. The minimum atomic E-state index is -3.19. The van der Waals surface area contributed by atoms with E-state index < -0.39 is 47.3 Å². The van der Waals surface area contributed by atoms with Gasteiger partial charge in [-0.25, -0.2) is 9.78 Å². The summed E-state index contributed by atoms with van der Waals surface area (Å²) in [6, 6.07) is 7.48. The molecule has 0 saturated carbocycles. The fraction of sp³-hybridized carbons (Fsp3) is 0.200. The van der Waals surface area contributed by atoms with E-state index >= 15 is 0 Å². The van der Waals surface area contributed by atoms with Crippen LogP contribution in [0.4, 0.5) is 0 Å². The molecule has 2 rings (SSSR count). The molecule has 9 heteroatoms. The molecule has 2 unspecified atom stereocenters. The van der Waals surface area contributed by atoms with Crippen LogP contribution in [-0.2, 0) is 14.4 Å². The van der Waals surface area contributed by atoms with Crippen LogP contribution in [0.2, 0.25) is 0 Å². The zero-order chi connectivity index (χ0) is 18.1. The van der Waals surface area contributed by atoms with Crippen molar-refractivity contribution >= 4 is 28.8 Å². The lowest BCUT2D eigenvalue weighted by Gasteiger charge is -2.28. The number of para-hydroxylation sites is 1. The third-order valence-corrected chi connectivity index (χ3v) is 3.52. The average Bonchev–Trinajstić information content (AvgIpc) is 2.46. The van der Waals surface area contributed by atoms with Gasteiger partial charge in [0.2, 0.25) is 0 Å². The predicted octanol–water partition coefficient (Wildman–Crippen LogP) is 0.399. The van der Waals surface area contributed by atoms with E-state index in [1.54, 1.807) is 18.2 Å². The van der Waals surface area contributed by atoms with Gasteiger partial charge < -0.3 is 25.5 Å². The van der Waals surface area contributed by atoms with Crippen LogP contribution in [0.25, 0.3) is 10.9 Å². The molecular formula is C15H13NO8. The molecule has 0 aliphatic heterocycles. The van der Waals surface area contributed by atoms with Gasteiger partial charge in [-0.3, -0.25) is 9.59 Å². The number of aliphatic hydroxyl groups is 1. The topological polar surface area (TPSA) is 165 Å². The fourth-order valence-electron chi connectivity index (χ4n) is 2.41. The number of carboxylic acids is 3. The highest BCUT2D eigenvalue weighted by molar-refractivity contribution is 5.93. The van der Waals surface area contributed by atoms with Crippen LogP contribution in [-0.4, -0.2) is 54.0 Å². The molecule has 0 bridgehead atoms. The Morgan fingerprint density at radius 2 is 1.75 bits per heavy atom. The summed E-state index contributed by atoms with van der Waals surface area (Å²) in [4.78, 5) is 37.7. The second-order valence-corrected chi connectivity index (χ2v) is 5.16. The molecular weight excluding hydrogens is 322 g/mol. The molecule has 0 amide bonds. The highest BCUT2D eigenvalue weighted by Gasteiger charge is 2.52. The molecule has 1 aromatic heterocycles. The minimum Gasteiger partial charge on any atom is -0.506 e. The summed E-state index contributed by atoms with van der Waals surface area (Å²) >= 11 is 0. The van der Waals surface area contributed by atoms with Crippen molar-refractivity contribution in [3.63, 3.8) is 0 Å². The molecule has 2 aromatic rings. The number of benzene rings is 1. The molecule has 0 aliphatic carbocycles. The molecule has 0 aliphatic rings. The first-order valence-corrected chi connectivity index (χ1v) is 6.66. The standard InChI is InChI=1S/C15H13NO8/c17-9-5-7-3-1-2-4-8(7)16-12(9)11(13(20)21)15(24,14(22)23)6-10(18)19/h1-5,11,17,24H,6H2,(H,18,19)(H,20,21)(H,22,23). The van der Waals surface area contributed by atoms with Crippen molar-refractivity contribution in [3.05, 3.63) is 36.0 Å². The van der Waals surface area contributed by atoms with Gasteiger partial charge in [-0.15, -0.1) is 0 Å². The van der Waals surface area contributed by atoms with Crippen molar-refractivity contribution in [1.82, 2.24) is 4.98 Å². The predicted molar refractivity (Wildman–Crippen MR) is 78.6 cm³/mol. The Balaban J connectivity index is 2.70. The molecule has 1 heterocycles. The van der Waals surface area contributed by atoms with Crippen LogP contribution in [0.1, 0.15) is 18.0 Å². The molecule has 2 atom stereocenters. The number of hydrogen-bond acceptors (Lipinski definition) is 6. The summed E-state index contributed by atoms with van der Waals surface area (Å²) in [5.74, 6) is -8.54. The van der Waals surface area contributed by atoms with Gasteiger partial charge in [-0.05, 0) is 12.1 Å². The molecule has 24 heavy (non-hydrogen) atoms. The number of pyridine rings is 1. The van der Waals surface area contributed by atoms with E-state index in [1.165, 1.54) is 6.07 Å². The van der Waals surface area contributed by atoms with E-state index in [0.29, 0.717) is 5.39 Å². The van der Waals surface area contributed by atoms with Crippen molar-refractivity contribution < 1.29 is 39.9 Å². The zero-order valence-corrected chi connectivity index (χ0v) is 12.1. The quantitative estimate of drug-likeness (QED) is 0.502. The molecule has 126 valence electrons. The second-order valence-electron chi connectivity index (χ2n) is 5.16. The Hall–Kier alpha value is -3.20. The Morgan fingerprint density at radius 3 is 2.29 bits per heavy atom. The smallest absolute Gasteiger partial charge is 0.337 e. The first-order chi connectivity index (χ1) is 11.2. The molecule has 0 radical (unpaired) electrons. The number of aromatic nitrogens is 1. The summed E-state index contributed by atoms with van der Waals surface area (Å²) in [6.07, 6.45) is -1.38. The number of aromatic hydroxyl groups is 1. The maximum Gasteiger partial charge on any atom is 0.337 e. The van der Waals surface area contributed by atoms with Crippen molar-refractivity contribution in [2.45, 2.75) is 17.9 Å². The number of hydrogen-bond donors (Lipinski definition) is 5. The van der Waals surface area contributed by atoms with Gasteiger partial charge in [0.05, 0.1) is 11.9 Å². The fourth-order valence-corrected chi connectivity index (χ4v) is 2.41. The van der Waals surface area contributed by atoms with Gasteiger partial charge in [0, 0.05) is 5.39 Å². The maximum atomic E-state index is 11.6. The summed E-state index contributed by atoms with van der Waals surface area (Å²) in [6.45, 7) is 0. The number of rotatable bonds is 6. The number of carboxylic acid groups (broad SMARTS) is 3. The lowest BCUT2D eigenvalue weighted by molar-refractivity contribution is -0.173. The monoisotopic (exact) mass is 335 g/mol. The zero-order valence-electron chi connectivity index (χ0n) is 12.1. The second kappa shape index (κ2) is 6.13. The average molecular weight is 335 g/mol. The van der Waals surface area contributed by atoms with Gasteiger partial charge in [0.15, 0.2) is 5.60 Å².